The molecular weight excluding hydrogens is 799 g/mol. The van der Waals surface area contributed by atoms with Gasteiger partial charge in [-0.3, -0.25) is 0 Å². The van der Waals surface area contributed by atoms with Crippen LogP contribution in [0.2, 0.25) is 0 Å². The summed E-state index contributed by atoms with van der Waals surface area (Å²) in [4.78, 5) is 2.47. The Morgan fingerprint density at radius 2 is 1.08 bits per heavy atom. The quantitative estimate of drug-likeness (QED) is 0.173. The minimum Gasteiger partial charge on any atom is -0.456 e. The summed E-state index contributed by atoms with van der Waals surface area (Å²) in [6.07, 6.45) is 0. The third-order valence-electron chi connectivity index (χ3n) is 13.2. The molecule has 0 N–H and O–H groups in total. The summed E-state index contributed by atoms with van der Waals surface area (Å²) in [6, 6.07) is 70.7. The van der Waals surface area contributed by atoms with Gasteiger partial charge in [0.25, 0.3) is 0 Å². The van der Waals surface area contributed by atoms with Crippen molar-refractivity contribution in [2.75, 3.05) is 4.90 Å². The minimum absolute atomic E-state index is 0.0372. The Morgan fingerprint density at radius 3 is 1.88 bits per heavy atom. The molecule has 3 nitrogen and oxygen atoms in total. The van der Waals surface area contributed by atoms with Crippen molar-refractivity contribution in [1.82, 2.24) is 0 Å². The zero-order valence-corrected chi connectivity index (χ0v) is 36.5. The lowest BCUT2D eigenvalue weighted by atomic mass is 9.86. The number of thiophene rings is 1. The van der Waals surface area contributed by atoms with E-state index in [9.17, 15) is 0 Å². The summed E-state index contributed by atoms with van der Waals surface area (Å²) < 4.78 is 15.8. The maximum Gasteiger partial charge on any atom is 0.145 e. The van der Waals surface area contributed by atoms with Gasteiger partial charge in [0.2, 0.25) is 0 Å². The van der Waals surface area contributed by atoms with Crippen molar-refractivity contribution in [1.29, 1.82) is 0 Å². The van der Waals surface area contributed by atoms with Gasteiger partial charge >= 0.3 is 0 Å². The molecule has 0 fully saturated rings. The van der Waals surface area contributed by atoms with Crippen molar-refractivity contribution in [3.8, 4) is 22.3 Å². The predicted octanol–water partition coefficient (Wildman–Crippen LogP) is 18.3. The highest BCUT2D eigenvalue weighted by molar-refractivity contribution is 7.25. The molecule has 0 bridgehead atoms. The first-order valence-electron chi connectivity index (χ1n) is 22.0. The topological polar surface area (TPSA) is 29.5 Å². The molecule has 3 heterocycles. The van der Waals surface area contributed by atoms with Crippen LogP contribution in [0, 0.1) is 0 Å². The number of nitrogens with zero attached hydrogens (tertiary/aromatic N) is 1. The molecular formula is C60H41NO2S. The van der Waals surface area contributed by atoms with Gasteiger partial charge < -0.3 is 13.7 Å². The summed E-state index contributed by atoms with van der Waals surface area (Å²) in [5.74, 6) is 0. The third kappa shape index (κ3) is 5.72. The van der Waals surface area contributed by atoms with E-state index in [1.807, 2.05) is 23.5 Å². The highest BCUT2D eigenvalue weighted by Gasteiger charge is 2.24. The highest BCUT2D eigenvalue weighted by atomic mass is 32.1. The molecule has 0 aliphatic carbocycles. The van der Waals surface area contributed by atoms with Gasteiger partial charge in [-0.25, -0.2) is 0 Å². The number of fused-ring (bicyclic) bond motifs is 12. The molecule has 0 saturated heterocycles. The van der Waals surface area contributed by atoms with Gasteiger partial charge in [-0.15, -0.1) is 11.3 Å². The number of para-hydroxylation sites is 1. The van der Waals surface area contributed by atoms with Crippen LogP contribution in [0.4, 0.5) is 17.1 Å². The van der Waals surface area contributed by atoms with Crippen LogP contribution in [0.3, 0.4) is 0 Å². The number of hydrogen-bond donors (Lipinski definition) is 0. The predicted molar refractivity (Wildman–Crippen MR) is 273 cm³/mol. The lowest BCUT2D eigenvalue weighted by molar-refractivity contribution is 0.591. The van der Waals surface area contributed by atoms with Crippen molar-refractivity contribution >= 4 is 114 Å². The second-order valence-corrected chi connectivity index (χ2v) is 19.1. The number of anilines is 3. The lowest BCUT2D eigenvalue weighted by Gasteiger charge is -2.29. The van der Waals surface area contributed by atoms with E-state index in [0.29, 0.717) is 0 Å². The van der Waals surface area contributed by atoms with Gasteiger partial charge in [-0.1, -0.05) is 136 Å². The van der Waals surface area contributed by atoms with E-state index in [-0.39, 0.29) is 5.41 Å². The van der Waals surface area contributed by atoms with Crippen LogP contribution in [0.1, 0.15) is 26.3 Å². The average molecular weight is 840 g/mol. The Kier molecular flexibility index (Phi) is 8.04. The number of rotatable bonds is 5. The van der Waals surface area contributed by atoms with Gasteiger partial charge in [0.15, 0.2) is 0 Å². The summed E-state index contributed by atoms with van der Waals surface area (Å²) in [5, 5.41) is 11.6. The van der Waals surface area contributed by atoms with E-state index in [1.165, 1.54) is 47.6 Å². The van der Waals surface area contributed by atoms with E-state index in [1.54, 1.807) is 0 Å². The van der Waals surface area contributed by atoms with Gasteiger partial charge in [0.05, 0.1) is 11.4 Å². The lowest BCUT2D eigenvalue weighted by Crippen LogP contribution is -2.11. The fourth-order valence-corrected chi connectivity index (χ4v) is 11.0. The molecule has 64 heavy (non-hydrogen) atoms. The zero-order chi connectivity index (χ0) is 42.7. The molecule has 0 aliphatic rings. The number of furan rings is 2. The van der Waals surface area contributed by atoms with Crippen LogP contribution in [-0.2, 0) is 5.41 Å². The van der Waals surface area contributed by atoms with Crippen molar-refractivity contribution in [2.24, 2.45) is 0 Å². The summed E-state index contributed by atoms with van der Waals surface area (Å²) in [6.45, 7) is 6.88. The van der Waals surface area contributed by atoms with Gasteiger partial charge in [-0.05, 0) is 123 Å². The second kappa shape index (κ2) is 13.9. The van der Waals surface area contributed by atoms with E-state index in [4.69, 9.17) is 8.83 Å². The summed E-state index contributed by atoms with van der Waals surface area (Å²) in [5.41, 5.74) is 12.9. The molecule has 4 heteroatoms. The highest BCUT2D eigenvalue weighted by Crippen LogP contribution is 2.49. The normalized spacial score (nSPS) is 12.3. The maximum atomic E-state index is 7.02. The Bertz CT molecular complexity index is 4010. The van der Waals surface area contributed by atoms with Crippen molar-refractivity contribution < 1.29 is 8.83 Å². The molecule has 10 aromatic carbocycles. The van der Waals surface area contributed by atoms with Crippen LogP contribution >= 0.6 is 11.3 Å². The Labute approximate surface area is 374 Å². The minimum atomic E-state index is 0.0372. The van der Waals surface area contributed by atoms with Gasteiger partial charge in [-0.2, -0.15) is 0 Å². The smallest absolute Gasteiger partial charge is 0.145 e. The Hall–Kier alpha value is -7.66. The van der Waals surface area contributed by atoms with E-state index in [0.717, 1.165) is 82.8 Å². The largest absolute Gasteiger partial charge is 0.456 e. The van der Waals surface area contributed by atoms with Crippen LogP contribution in [-0.4, -0.2) is 0 Å². The summed E-state index contributed by atoms with van der Waals surface area (Å²) in [7, 11) is 0. The van der Waals surface area contributed by atoms with E-state index in [2.05, 4.69) is 208 Å². The van der Waals surface area contributed by atoms with Crippen molar-refractivity contribution in [2.45, 2.75) is 26.2 Å². The molecule has 304 valence electrons. The number of benzene rings is 10. The molecule has 13 rings (SSSR count). The first-order chi connectivity index (χ1) is 31.3. The maximum absolute atomic E-state index is 7.02. The van der Waals surface area contributed by atoms with Crippen LogP contribution in [0.5, 0.6) is 0 Å². The van der Waals surface area contributed by atoms with Gasteiger partial charge in [0.1, 0.15) is 22.3 Å². The Morgan fingerprint density at radius 1 is 0.406 bits per heavy atom. The average Bonchev–Trinajstić information content (AvgIpc) is 4.02. The standard InChI is InChI=1S/C60H41NO2S/c1-60(2,3)40-23-30-56-49(34-40)50-35-41(24-31-57(50)64-56)61(51-27-26-42(36-12-5-4-6-13-36)43-15-7-8-16-44(43)51)52-18-11-14-37-20-25-46-48-33-39(22-29-55(48)63-59(46)58(37)52)38-21-28-54-47(32-38)45-17-9-10-19-53(45)62-54/h4-35H,1-3H3. The van der Waals surface area contributed by atoms with Crippen LogP contribution < -0.4 is 4.90 Å². The molecule has 0 aliphatic heterocycles. The fourth-order valence-electron chi connectivity index (χ4n) is 9.98. The Balaban J connectivity index is 1.06. The van der Waals surface area contributed by atoms with Crippen LogP contribution in [0.15, 0.2) is 203 Å². The molecule has 0 spiro atoms. The molecule has 13 aromatic rings. The van der Waals surface area contributed by atoms with E-state index < -0.39 is 0 Å². The molecule has 3 aromatic heterocycles. The first-order valence-corrected chi connectivity index (χ1v) is 22.8. The summed E-state index contributed by atoms with van der Waals surface area (Å²) >= 11 is 1.86. The van der Waals surface area contributed by atoms with E-state index >= 15 is 0 Å². The fraction of sp³-hybridized carbons (Fsp3) is 0.0667. The number of hydrogen-bond acceptors (Lipinski definition) is 4. The molecule has 0 atom stereocenters. The second-order valence-electron chi connectivity index (χ2n) is 18.1. The first kappa shape index (κ1) is 36.9. The van der Waals surface area contributed by atoms with Gasteiger partial charge in [0, 0.05) is 58.2 Å². The molecule has 0 saturated carbocycles. The SMILES string of the molecule is CC(C)(C)c1ccc2sc3ccc(N(c4ccc(-c5ccccc5)c5ccccc45)c4cccc5ccc6c7cc(-c8ccc9oc%10ccccc%10c9c8)ccc7oc6c45)cc3c2c1. The molecule has 0 unspecified atom stereocenters. The molecule has 0 amide bonds. The van der Waals surface area contributed by atoms with Crippen LogP contribution in [0.25, 0.3) is 108 Å². The molecule has 0 radical (unpaired) electrons. The van der Waals surface area contributed by atoms with Crippen molar-refractivity contribution in [3.63, 3.8) is 0 Å². The zero-order valence-electron chi connectivity index (χ0n) is 35.6. The van der Waals surface area contributed by atoms with Crippen molar-refractivity contribution in [3.05, 3.63) is 200 Å². The third-order valence-corrected chi connectivity index (χ3v) is 14.4. The monoisotopic (exact) mass is 839 g/mol.